The van der Waals surface area contributed by atoms with Gasteiger partial charge in [0.1, 0.15) is 11.3 Å². The summed E-state index contributed by atoms with van der Waals surface area (Å²) >= 11 is 5.39. The lowest BCUT2D eigenvalue weighted by Gasteiger charge is -2.10. The number of hydrogen-bond acceptors (Lipinski definition) is 3. The number of imidazole rings is 1. The maximum absolute atomic E-state index is 5.81. The molecule has 4 nitrogen and oxygen atoms in total. The van der Waals surface area contributed by atoms with Crippen molar-refractivity contribution < 1.29 is 9.47 Å². The van der Waals surface area contributed by atoms with Gasteiger partial charge in [0.15, 0.2) is 4.77 Å². The van der Waals surface area contributed by atoms with Gasteiger partial charge in [0.05, 0.1) is 11.6 Å². The van der Waals surface area contributed by atoms with Crippen LogP contribution < -0.4 is 4.74 Å². The zero-order valence-corrected chi connectivity index (χ0v) is 12.4. The Morgan fingerprint density at radius 3 is 2.84 bits per heavy atom. The largest absolute Gasteiger partial charge is 0.489 e. The SMILES string of the molecule is COCCCn1c(=S)[nH]c2c(OC(C)C)cccc21. The van der Waals surface area contributed by atoms with Crippen molar-refractivity contribution in [2.45, 2.75) is 32.9 Å². The Hall–Kier alpha value is -1.33. The fourth-order valence-corrected chi connectivity index (χ4v) is 2.39. The second-order valence-electron chi connectivity index (χ2n) is 4.75. The molecular formula is C14H20N2O2S. The highest BCUT2D eigenvalue weighted by Crippen LogP contribution is 2.26. The summed E-state index contributed by atoms with van der Waals surface area (Å²) in [6.07, 6.45) is 1.08. The molecule has 0 aliphatic rings. The first kappa shape index (κ1) is 14.1. The fourth-order valence-electron chi connectivity index (χ4n) is 2.10. The van der Waals surface area contributed by atoms with Crippen LogP contribution in [0.2, 0.25) is 0 Å². The van der Waals surface area contributed by atoms with E-state index in [9.17, 15) is 0 Å². The Kier molecular flexibility index (Phi) is 4.61. The van der Waals surface area contributed by atoms with E-state index in [4.69, 9.17) is 21.7 Å². The third kappa shape index (κ3) is 3.16. The number of rotatable bonds is 6. The summed E-state index contributed by atoms with van der Waals surface area (Å²) in [5.74, 6) is 0.851. The number of benzene rings is 1. The van der Waals surface area contributed by atoms with Gasteiger partial charge in [0.2, 0.25) is 0 Å². The Labute approximate surface area is 118 Å². The van der Waals surface area contributed by atoms with Gasteiger partial charge in [-0.15, -0.1) is 0 Å². The van der Waals surface area contributed by atoms with Crippen LogP contribution in [0.5, 0.6) is 5.75 Å². The van der Waals surface area contributed by atoms with Crippen LogP contribution in [0.1, 0.15) is 20.3 Å². The molecule has 0 atom stereocenters. The number of aryl methyl sites for hydroxylation is 1. The first-order valence-corrected chi connectivity index (χ1v) is 6.91. The molecule has 0 radical (unpaired) electrons. The van der Waals surface area contributed by atoms with E-state index in [1.54, 1.807) is 7.11 Å². The van der Waals surface area contributed by atoms with Gasteiger partial charge in [0.25, 0.3) is 0 Å². The highest BCUT2D eigenvalue weighted by Gasteiger charge is 2.10. The first-order valence-electron chi connectivity index (χ1n) is 6.50. The van der Waals surface area contributed by atoms with Gasteiger partial charge >= 0.3 is 0 Å². The molecule has 0 bridgehead atoms. The standard InChI is InChI=1S/C14H20N2O2S/c1-10(2)18-12-7-4-6-11-13(12)15-14(19)16(11)8-5-9-17-3/h4,6-7,10H,5,8-9H2,1-3H3,(H,15,19). The normalized spacial score (nSPS) is 11.4. The smallest absolute Gasteiger partial charge is 0.178 e. The molecule has 0 spiro atoms. The van der Waals surface area contributed by atoms with Crippen LogP contribution in [-0.2, 0) is 11.3 Å². The molecule has 0 aliphatic carbocycles. The Morgan fingerprint density at radius 1 is 1.37 bits per heavy atom. The third-order valence-electron chi connectivity index (χ3n) is 2.86. The van der Waals surface area contributed by atoms with Gasteiger partial charge in [-0.3, -0.25) is 0 Å². The van der Waals surface area contributed by atoms with Gasteiger partial charge < -0.3 is 19.0 Å². The molecule has 0 aliphatic heterocycles. The predicted octanol–water partition coefficient (Wildman–Crippen LogP) is 3.52. The van der Waals surface area contributed by atoms with E-state index in [1.807, 2.05) is 26.0 Å². The van der Waals surface area contributed by atoms with Gasteiger partial charge in [-0.2, -0.15) is 0 Å². The molecule has 0 saturated carbocycles. The molecule has 1 aromatic heterocycles. The topological polar surface area (TPSA) is 39.2 Å². The summed E-state index contributed by atoms with van der Waals surface area (Å²) in [5, 5.41) is 0. The number of para-hydroxylation sites is 1. The van der Waals surface area contributed by atoms with Gasteiger partial charge in [-0.05, 0) is 44.6 Å². The number of nitrogens with zero attached hydrogens (tertiary/aromatic N) is 1. The summed E-state index contributed by atoms with van der Waals surface area (Å²) in [4.78, 5) is 3.24. The van der Waals surface area contributed by atoms with Crippen molar-refractivity contribution in [2.75, 3.05) is 13.7 Å². The molecule has 0 amide bonds. The Bertz CT molecular complexity index is 601. The van der Waals surface area contributed by atoms with E-state index in [-0.39, 0.29) is 6.10 Å². The molecule has 2 rings (SSSR count). The van der Waals surface area contributed by atoms with Gasteiger partial charge in [-0.1, -0.05) is 6.07 Å². The number of methoxy groups -OCH3 is 1. The molecule has 104 valence electrons. The van der Waals surface area contributed by atoms with E-state index in [0.29, 0.717) is 0 Å². The molecule has 0 fully saturated rings. The van der Waals surface area contributed by atoms with E-state index in [1.165, 1.54) is 0 Å². The number of hydrogen-bond donors (Lipinski definition) is 1. The third-order valence-corrected chi connectivity index (χ3v) is 3.19. The van der Waals surface area contributed by atoms with Crippen LogP contribution >= 0.6 is 12.2 Å². The van der Waals surface area contributed by atoms with Crippen LogP contribution in [0.15, 0.2) is 18.2 Å². The Balaban J connectivity index is 2.38. The molecule has 1 aromatic carbocycles. The summed E-state index contributed by atoms with van der Waals surface area (Å²) < 4.78 is 13.7. The zero-order valence-electron chi connectivity index (χ0n) is 11.6. The highest BCUT2D eigenvalue weighted by molar-refractivity contribution is 7.71. The molecular weight excluding hydrogens is 260 g/mol. The van der Waals surface area contributed by atoms with E-state index in [0.717, 1.165) is 41.1 Å². The van der Waals surface area contributed by atoms with Crippen LogP contribution in [0.4, 0.5) is 0 Å². The molecule has 1 N–H and O–H groups in total. The molecule has 0 saturated heterocycles. The van der Waals surface area contributed by atoms with Crippen LogP contribution in [0.25, 0.3) is 11.0 Å². The summed E-state index contributed by atoms with van der Waals surface area (Å²) in [7, 11) is 1.71. The van der Waals surface area contributed by atoms with Crippen molar-refractivity contribution in [3.8, 4) is 5.75 Å². The minimum atomic E-state index is 0.143. The number of nitrogens with one attached hydrogen (secondary N) is 1. The Morgan fingerprint density at radius 2 is 2.16 bits per heavy atom. The van der Waals surface area contributed by atoms with E-state index < -0.39 is 0 Å². The van der Waals surface area contributed by atoms with Crippen molar-refractivity contribution in [3.63, 3.8) is 0 Å². The van der Waals surface area contributed by atoms with Crippen molar-refractivity contribution in [3.05, 3.63) is 23.0 Å². The molecule has 2 aromatic rings. The number of ether oxygens (including phenoxy) is 2. The summed E-state index contributed by atoms with van der Waals surface area (Å²) in [5.41, 5.74) is 2.05. The van der Waals surface area contributed by atoms with Crippen molar-refractivity contribution in [1.29, 1.82) is 0 Å². The highest BCUT2D eigenvalue weighted by atomic mass is 32.1. The van der Waals surface area contributed by atoms with Crippen LogP contribution in [-0.4, -0.2) is 29.4 Å². The van der Waals surface area contributed by atoms with E-state index in [2.05, 4.69) is 15.6 Å². The lowest BCUT2D eigenvalue weighted by molar-refractivity contribution is 0.190. The van der Waals surface area contributed by atoms with Crippen LogP contribution in [0.3, 0.4) is 0 Å². The van der Waals surface area contributed by atoms with Gasteiger partial charge in [0, 0.05) is 20.3 Å². The first-order chi connectivity index (χ1) is 9.13. The maximum atomic E-state index is 5.81. The van der Waals surface area contributed by atoms with Gasteiger partial charge in [-0.25, -0.2) is 0 Å². The number of aromatic nitrogens is 2. The average Bonchev–Trinajstić information content (AvgIpc) is 2.67. The van der Waals surface area contributed by atoms with Crippen molar-refractivity contribution in [1.82, 2.24) is 9.55 Å². The zero-order chi connectivity index (χ0) is 13.8. The predicted molar refractivity (Wildman–Crippen MR) is 79.4 cm³/mol. The lowest BCUT2D eigenvalue weighted by Crippen LogP contribution is -2.06. The number of H-pyrrole nitrogens is 1. The quantitative estimate of drug-likeness (QED) is 0.650. The van der Waals surface area contributed by atoms with Crippen molar-refractivity contribution in [2.24, 2.45) is 0 Å². The summed E-state index contributed by atoms with van der Waals surface area (Å²) in [6, 6.07) is 6.02. The fraction of sp³-hybridized carbons (Fsp3) is 0.500. The minimum absolute atomic E-state index is 0.143. The lowest BCUT2D eigenvalue weighted by atomic mass is 10.3. The summed E-state index contributed by atoms with van der Waals surface area (Å²) in [6.45, 7) is 5.61. The molecule has 1 heterocycles. The molecule has 5 heteroatoms. The second kappa shape index (κ2) is 6.21. The molecule has 19 heavy (non-hydrogen) atoms. The van der Waals surface area contributed by atoms with Crippen molar-refractivity contribution >= 4 is 23.3 Å². The minimum Gasteiger partial charge on any atom is -0.489 e. The maximum Gasteiger partial charge on any atom is 0.178 e. The number of fused-ring (bicyclic) bond motifs is 1. The average molecular weight is 280 g/mol. The van der Waals surface area contributed by atoms with Crippen LogP contribution in [0, 0.1) is 4.77 Å². The monoisotopic (exact) mass is 280 g/mol. The van der Waals surface area contributed by atoms with E-state index >= 15 is 0 Å². The molecule has 0 unspecified atom stereocenters. The second-order valence-corrected chi connectivity index (χ2v) is 5.13. The number of aromatic amines is 1.